The van der Waals surface area contributed by atoms with Crippen molar-refractivity contribution in [2.75, 3.05) is 0 Å². The van der Waals surface area contributed by atoms with Crippen LogP contribution in [0.2, 0.25) is 5.02 Å². The van der Waals surface area contributed by atoms with E-state index in [9.17, 15) is 9.59 Å². The normalized spacial score (nSPS) is 11.0. The van der Waals surface area contributed by atoms with Crippen LogP contribution in [0.1, 0.15) is 24.2 Å². The summed E-state index contributed by atoms with van der Waals surface area (Å²) in [5.41, 5.74) is 0.249. The molecule has 0 aliphatic carbocycles. The van der Waals surface area contributed by atoms with Gasteiger partial charge in [0.2, 0.25) is 0 Å². The molecule has 0 amide bonds. The van der Waals surface area contributed by atoms with Crippen LogP contribution in [0.25, 0.3) is 10.8 Å². The van der Waals surface area contributed by atoms with Crippen molar-refractivity contribution in [3.05, 3.63) is 75.7 Å². The van der Waals surface area contributed by atoms with E-state index in [1.807, 2.05) is 13.8 Å². The highest BCUT2D eigenvalue weighted by Gasteiger charge is 2.17. The molecule has 5 heteroatoms. The van der Waals surface area contributed by atoms with E-state index in [1.165, 1.54) is 0 Å². The average Bonchev–Trinajstić information content (AvgIpc) is 2.57. The summed E-state index contributed by atoms with van der Waals surface area (Å²) in [5.74, 6) is 0.120. The largest absolute Gasteiger partial charge is 0.423 e. The summed E-state index contributed by atoms with van der Waals surface area (Å²) in [4.78, 5) is 25.3. The van der Waals surface area contributed by atoms with Gasteiger partial charge < -0.3 is 9.30 Å². The fourth-order valence-corrected chi connectivity index (χ4v) is 2.91. The topological polar surface area (TPSA) is 48.3 Å². The summed E-state index contributed by atoms with van der Waals surface area (Å²) < 4.78 is 7.02. The van der Waals surface area contributed by atoms with E-state index in [1.54, 1.807) is 59.3 Å². The lowest BCUT2D eigenvalue weighted by atomic mass is 10.1. The number of aromatic nitrogens is 1. The lowest BCUT2D eigenvalue weighted by molar-refractivity contribution is 0.0736. The Balaban J connectivity index is 2.09. The molecule has 0 saturated heterocycles. The van der Waals surface area contributed by atoms with Gasteiger partial charge in [-0.2, -0.15) is 0 Å². The van der Waals surface area contributed by atoms with Crippen LogP contribution < -0.4 is 10.3 Å². The van der Waals surface area contributed by atoms with Crippen LogP contribution in [0.5, 0.6) is 5.75 Å². The van der Waals surface area contributed by atoms with Crippen molar-refractivity contribution >= 4 is 28.3 Å². The second-order valence-electron chi connectivity index (χ2n) is 6.29. The number of benzene rings is 2. The molecule has 1 heterocycles. The zero-order chi connectivity index (χ0) is 18.0. The van der Waals surface area contributed by atoms with Crippen LogP contribution in [0, 0.1) is 5.92 Å². The molecule has 0 radical (unpaired) electrons. The Labute approximate surface area is 150 Å². The monoisotopic (exact) mass is 355 g/mol. The Hall–Kier alpha value is -2.59. The first-order valence-corrected chi connectivity index (χ1v) is 8.43. The molecule has 0 atom stereocenters. The number of nitrogens with zero attached hydrogens (tertiary/aromatic N) is 1. The number of hydrogen-bond donors (Lipinski definition) is 0. The van der Waals surface area contributed by atoms with Crippen LogP contribution in [0.3, 0.4) is 0 Å². The number of hydrogen-bond acceptors (Lipinski definition) is 3. The summed E-state index contributed by atoms with van der Waals surface area (Å²) in [6.45, 7) is 4.57. The molecule has 0 bridgehead atoms. The first-order chi connectivity index (χ1) is 12.0. The van der Waals surface area contributed by atoms with Gasteiger partial charge >= 0.3 is 5.97 Å². The van der Waals surface area contributed by atoms with E-state index in [0.717, 1.165) is 0 Å². The van der Waals surface area contributed by atoms with Gasteiger partial charge in [0, 0.05) is 28.5 Å². The number of fused-ring (bicyclic) bond motifs is 1. The van der Waals surface area contributed by atoms with Crippen LogP contribution in [-0.2, 0) is 6.54 Å². The summed E-state index contributed by atoms with van der Waals surface area (Å²) in [6, 6.07) is 13.7. The number of rotatable bonds is 4. The Bertz CT molecular complexity index is 992. The van der Waals surface area contributed by atoms with E-state index in [2.05, 4.69) is 0 Å². The van der Waals surface area contributed by atoms with Crippen molar-refractivity contribution in [1.82, 2.24) is 4.57 Å². The highest BCUT2D eigenvalue weighted by Crippen LogP contribution is 2.21. The first kappa shape index (κ1) is 17.2. The quantitative estimate of drug-likeness (QED) is 0.510. The minimum atomic E-state index is -0.518. The molecule has 128 valence electrons. The van der Waals surface area contributed by atoms with E-state index in [0.29, 0.717) is 33.7 Å². The Morgan fingerprint density at radius 1 is 1.12 bits per heavy atom. The van der Waals surface area contributed by atoms with E-state index in [-0.39, 0.29) is 11.5 Å². The molecule has 0 unspecified atom stereocenters. The molecule has 1 aromatic heterocycles. The molecule has 3 rings (SSSR count). The van der Waals surface area contributed by atoms with Gasteiger partial charge in [-0.3, -0.25) is 4.79 Å². The number of carbonyl (C=O) groups excluding carboxylic acids is 1. The maximum Gasteiger partial charge on any atom is 0.345 e. The summed E-state index contributed by atoms with van der Waals surface area (Å²) in [5, 5.41) is 1.57. The van der Waals surface area contributed by atoms with Crippen molar-refractivity contribution < 1.29 is 9.53 Å². The summed E-state index contributed by atoms with van der Waals surface area (Å²) in [6.07, 6.45) is 1.58. The molecule has 0 N–H and O–H groups in total. The fourth-order valence-electron chi connectivity index (χ4n) is 2.73. The Morgan fingerprint density at radius 3 is 2.52 bits per heavy atom. The van der Waals surface area contributed by atoms with Gasteiger partial charge in [0.1, 0.15) is 5.75 Å². The van der Waals surface area contributed by atoms with Gasteiger partial charge in [0.05, 0.1) is 5.56 Å². The van der Waals surface area contributed by atoms with Gasteiger partial charge in [-0.1, -0.05) is 49.7 Å². The highest BCUT2D eigenvalue weighted by atomic mass is 35.5. The summed E-state index contributed by atoms with van der Waals surface area (Å²) >= 11 is 5.94. The molecular formula is C20H18ClNO3. The smallest absolute Gasteiger partial charge is 0.345 e. The number of ether oxygens (including phenoxy) is 1. The predicted octanol–water partition coefficient (Wildman–Crippen LogP) is 4.53. The third-order valence-electron chi connectivity index (χ3n) is 3.78. The van der Waals surface area contributed by atoms with Gasteiger partial charge in [-0.25, -0.2) is 4.79 Å². The second kappa shape index (κ2) is 7.11. The second-order valence-corrected chi connectivity index (χ2v) is 6.72. The third kappa shape index (κ3) is 3.74. The van der Waals surface area contributed by atoms with Gasteiger partial charge in [0.25, 0.3) is 5.56 Å². The summed E-state index contributed by atoms with van der Waals surface area (Å²) in [7, 11) is 0. The first-order valence-electron chi connectivity index (χ1n) is 8.05. The minimum absolute atomic E-state index is 0.108. The fraction of sp³-hybridized carbons (Fsp3) is 0.200. The van der Waals surface area contributed by atoms with Crippen LogP contribution >= 0.6 is 11.6 Å². The molecule has 0 spiro atoms. The predicted molar refractivity (Wildman–Crippen MR) is 99.5 cm³/mol. The third-order valence-corrected chi connectivity index (χ3v) is 4.02. The number of carbonyl (C=O) groups is 1. The SMILES string of the molecule is CC(C)Cn1cc(C(=O)Oc2cccc(Cl)c2)c2ccccc2c1=O. The van der Waals surface area contributed by atoms with E-state index < -0.39 is 5.97 Å². The Kier molecular flexibility index (Phi) is 4.91. The number of halogens is 1. The molecule has 2 aromatic carbocycles. The highest BCUT2D eigenvalue weighted by molar-refractivity contribution is 6.30. The zero-order valence-electron chi connectivity index (χ0n) is 14.0. The Morgan fingerprint density at radius 2 is 1.84 bits per heavy atom. The van der Waals surface area contributed by atoms with Gasteiger partial charge in [-0.05, 0) is 30.2 Å². The maximum atomic E-state index is 12.7. The van der Waals surface area contributed by atoms with Crippen LogP contribution in [0.15, 0.2) is 59.5 Å². The molecular weight excluding hydrogens is 338 g/mol. The lowest BCUT2D eigenvalue weighted by Crippen LogP contribution is -2.25. The van der Waals surface area contributed by atoms with Gasteiger partial charge in [0.15, 0.2) is 0 Å². The molecule has 3 aromatic rings. The zero-order valence-corrected chi connectivity index (χ0v) is 14.8. The van der Waals surface area contributed by atoms with Crippen molar-refractivity contribution in [2.24, 2.45) is 5.92 Å². The number of esters is 1. The average molecular weight is 356 g/mol. The number of pyridine rings is 1. The molecule has 25 heavy (non-hydrogen) atoms. The lowest BCUT2D eigenvalue weighted by Gasteiger charge is -2.13. The molecule has 0 fully saturated rings. The van der Waals surface area contributed by atoms with Crippen molar-refractivity contribution in [3.8, 4) is 5.75 Å². The van der Waals surface area contributed by atoms with Gasteiger partial charge in [-0.15, -0.1) is 0 Å². The van der Waals surface area contributed by atoms with Crippen molar-refractivity contribution in [3.63, 3.8) is 0 Å². The van der Waals surface area contributed by atoms with Crippen LogP contribution in [-0.4, -0.2) is 10.5 Å². The van der Waals surface area contributed by atoms with Crippen molar-refractivity contribution in [2.45, 2.75) is 20.4 Å². The standard InChI is InChI=1S/C20H18ClNO3/c1-13(2)11-22-12-18(16-8-3-4-9-17(16)19(22)23)20(24)25-15-7-5-6-14(21)10-15/h3-10,12-13H,11H2,1-2H3. The van der Waals surface area contributed by atoms with E-state index >= 15 is 0 Å². The molecule has 4 nitrogen and oxygen atoms in total. The van der Waals surface area contributed by atoms with Crippen LogP contribution in [0.4, 0.5) is 0 Å². The molecule has 0 saturated carbocycles. The maximum absolute atomic E-state index is 12.7. The molecule has 0 aliphatic rings. The minimum Gasteiger partial charge on any atom is -0.423 e. The van der Waals surface area contributed by atoms with Crippen molar-refractivity contribution in [1.29, 1.82) is 0 Å². The molecule has 0 aliphatic heterocycles. The van der Waals surface area contributed by atoms with E-state index in [4.69, 9.17) is 16.3 Å².